The van der Waals surface area contributed by atoms with Gasteiger partial charge in [0.25, 0.3) is 0 Å². The molecule has 3 rings (SSSR count). The summed E-state index contributed by atoms with van der Waals surface area (Å²) in [5.41, 5.74) is 0.638. The number of fused-ring (bicyclic) bond motifs is 2. The van der Waals surface area contributed by atoms with Gasteiger partial charge >= 0.3 is 0 Å². The van der Waals surface area contributed by atoms with E-state index in [1.165, 1.54) is 12.8 Å². The van der Waals surface area contributed by atoms with Gasteiger partial charge in [-0.15, -0.1) is 0 Å². The quantitative estimate of drug-likeness (QED) is 0.729. The molecule has 0 spiro atoms. The molecule has 5 heteroatoms. The number of aliphatic hydroxyl groups is 2. The van der Waals surface area contributed by atoms with Crippen LogP contribution in [-0.4, -0.2) is 84.7 Å². The lowest BCUT2D eigenvalue weighted by molar-refractivity contribution is -0.0807. The Morgan fingerprint density at radius 2 is 1.79 bits per heavy atom. The Kier molecular flexibility index (Phi) is 5.57. The molecule has 5 nitrogen and oxygen atoms in total. The second-order valence-electron chi connectivity index (χ2n) is 8.95. The first-order chi connectivity index (χ1) is 11.4. The van der Waals surface area contributed by atoms with Gasteiger partial charge in [0.05, 0.1) is 25.4 Å². The van der Waals surface area contributed by atoms with Crippen molar-refractivity contribution in [2.45, 2.75) is 52.2 Å². The van der Waals surface area contributed by atoms with Crippen LogP contribution in [0.4, 0.5) is 0 Å². The third-order valence-electron chi connectivity index (χ3n) is 7.55. The van der Waals surface area contributed by atoms with Crippen molar-refractivity contribution in [1.82, 2.24) is 9.80 Å². The molecule has 0 aromatic rings. The largest absolute Gasteiger partial charge is 0.395 e. The van der Waals surface area contributed by atoms with E-state index < -0.39 is 6.10 Å². The highest BCUT2D eigenvalue weighted by atomic mass is 16.5. The number of rotatable bonds is 7. The summed E-state index contributed by atoms with van der Waals surface area (Å²) in [6.45, 7) is 13.2. The summed E-state index contributed by atoms with van der Waals surface area (Å²) in [5.74, 6) is 0.782. The predicted molar refractivity (Wildman–Crippen MR) is 94.9 cm³/mol. The number of piperazine rings is 1. The predicted octanol–water partition coefficient (Wildman–Crippen LogP) is 1.19. The summed E-state index contributed by atoms with van der Waals surface area (Å²) >= 11 is 0. The molecule has 1 aliphatic heterocycles. The SMILES string of the molecule is CC1(C)[C@@H]2CC[C@@]1(C)[C@H](OC[C@H](O)CN1CCN(CCO)CC1)C2. The Balaban J connectivity index is 1.40. The molecule has 0 aromatic carbocycles. The van der Waals surface area contributed by atoms with Crippen LogP contribution in [0.1, 0.15) is 40.0 Å². The Hall–Kier alpha value is -0.200. The average Bonchev–Trinajstić information content (AvgIpc) is 2.88. The fourth-order valence-electron chi connectivity index (χ4n) is 5.30. The van der Waals surface area contributed by atoms with Crippen LogP contribution in [0.25, 0.3) is 0 Å². The van der Waals surface area contributed by atoms with E-state index in [2.05, 4.69) is 30.6 Å². The number of aliphatic hydroxyl groups excluding tert-OH is 2. The van der Waals surface area contributed by atoms with Crippen molar-refractivity contribution in [3.05, 3.63) is 0 Å². The summed E-state index contributed by atoms with van der Waals surface area (Å²) in [4.78, 5) is 4.59. The van der Waals surface area contributed by atoms with E-state index >= 15 is 0 Å². The summed E-state index contributed by atoms with van der Waals surface area (Å²) in [6, 6.07) is 0. The van der Waals surface area contributed by atoms with E-state index in [1.807, 2.05) is 0 Å². The smallest absolute Gasteiger partial charge is 0.0900 e. The van der Waals surface area contributed by atoms with Gasteiger partial charge in [-0.25, -0.2) is 0 Å². The first kappa shape index (κ1) is 18.6. The van der Waals surface area contributed by atoms with Gasteiger partial charge in [0.1, 0.15) is 0 Å². The molecular weight excluding hydrogens is 304 g/mol. The van der Waals surface area contributed by atoms with E-state index in [-0.39, 0.29) is 12.0 Å². The number of β-amino-alcohol motifs (C(OH)–C–C–N with tert-alkyl or cyclic N) is 2. The van der Waals surface area contributed by atoms with Gasteiger partial charge in [-0.2, -0.15) is 0 Å². The van der Waals surface area contributed by atoms with Gasteiger partial charge in [-0.05, 0) is 36.0 Å². The highest BCUT2D eigenvalue weighted by Gasteiger charge is 2.61. The minimum Gasteiger partial charge on any atom is -0.395 e. The minimum absolute atomic E-state index is 0.230. The van der Waals surface area contributed by atoms with Crippen LogP contribution < -0.4 is 0 Å². The van der Waals surface area contributed by atoms with Crippen LogP contribution in [0.2, 0.25) is 0 Å². The number of hydrogen-bond donors (Lipinski definition) is 2. The van der Waals surface area contributed by atoms with Crippen molar-refractivity contribution >= 4 is 0 Å². The number of ether oxygens (including phenoxy) is 1. The summed E-state index contributed by atoms with van der Waals surface area (Å²) < 4.78 is 6.22. The molecule has 140 valence electrons. The Labute approximate surface area is 147 Å². The lowest BCUT2D eigenvalue weighted by Crippen LogP contribution is -2.49. The molecule has 2 saturated carbocycles. The molecule has 1 heterocycles. The minimum atomic E-state index is -0.403. The maximum Gasteiger partial charge on any atom is 0.0900 e. The first-order valence-electron chi connectivity index (χ1n) is 9.72. The zero-order valence-electron chi connectivity index (χ0n) is 15.7. The molecule has 1 saturated heterocycles. The van der Waals surface area contributed by atoms with Crippen molar-refractivity contribution in [2.24, 2.45) is 16.7 Å². The Morgan fingerprint density at radius 1 is 1.12 bits per heavy atom. The van der Waals surface area contributed by atoms with Crippen LogP contribution in [-0.2, 0) is 4.74 Å². The monoisotopic (exact) mass is 340 g/mol. The molecule has 0 amide bonds. The second-order valence-corrected chi connectivity index (χ2v) is 8.95. The topological polar surface area (TPSA) is 56.2 Å². The van der Waals surface area contributed by atoms with Crippen molar-refractivity contribution in [2.75, 3.05) is 52.5 Å². The lowest BCUT2D eigenvalue weighted by atomic mass is 9.70. The molecule has 24 heavy (non-hydrogen) atoms. The molecule has 3 fully saturated rings. The molecule has 0 aromatic heterocycles. The van der Waals surface area contributed by atoms with Crippen LogP contribution in [0.15, 0.2) is 0 Å². The van der Waals surface area contributed by atoms with Gasteiger partial charge in [0, 0.05) is 39.3 Å². The van der Waals surface area contributed by atoms with Crippen molar-refractivity contribution in [1.29, 1.82) is 0 Å². The molecule has 3 aliphatic rings. The van der Waals surface area contributed by atoms with E-state index in [4.69, 9.17) is 9.84 Å². The molecule has 0 unspecified atom stereocenters. The molecule has 4 atom stereocenters. The van der Waals surface area contributed by atoms with Crippen LogP contribution in [0.5, 0.6) is 0 Å². The normalized spacial score (nSPS) is 37.9. The molecule has 2 bridgehead atoms. The van der Waals surface area contributed by atoms with Gasteiger partial charge in [-0.1, -0.05) is 20.8 Å². The van der Waals surface area contributed by atoms with Crippen molar-refractivity contribution in [3.8, 4) is 0 Å². The van der Waals surface area contributed by atoms with E-state index in [0.717, 1.165) is 45.1 Å². The zero-order valence-corrected chi connectivity index (χ0v) is 15.7. The summed E-state index contributed by atoms with van der Waals surface area (Å²) in [6.07, 6.45) is 3.67. The number of hydrogen-bond acceptors (Lipinski definition) is 5. The fraction of sp³-hybridized carbons (Fsp3) is 1.00. The lowest BCUT2D eigenvalue weighted by Gasteiger charge is -2.39. The fourth-order valence-corrected chi connectivity index (χ4v) is 5.30. The summed E-state index contributed by atoms with van der Waals surface area (Å²) in [7, 11) is 0. The molecular formula is C19H36N2O3. The van der Waals surface area contributed by atoms with Gasteiger partial charge < -0.3 is 14.9 Å². The highest BCUT2D eigenvalue weighted by Crippen LogP contribution is 2.66. The average molecular weight is 341 g/mol. The maximum absolute atomic E-state index is 10.4. The highest BCUT2D eigenvalue weighted by molar-refractivity contribution is 5.11. The molecule has 2 N–H and O–H groups in total. The van der Waals surface area contributed by atoms with E-state index in [9.17, 15) is 5.11 Å². The van der Waals surface area contributed by atoms with Crippen molar-refractivity contribution < 1.29 is 14.9 Å². The Morgan fingerprint density at radius 3 is 2.33 bits per heavy atom. The van der Waals surface area contributed by atoms with Crippen molar-refractivity contribution in [3.63, 3.8) is 0 Å². The second kappa shape index (κ2) is 7.20. The first-order valence-corrected chi connectivity index (χ1v) is 9.72. The van der Waals surface area contributed by atoms with Gasteiger partial charge in [-0.3, -0.25) is 9.80 Å². The third kappa shape index (κ3) is 3.38. The van der Waals surface area contributed by atoms with Gasteiger partial charge in [0.2, 0.25) is 0 Å². The third-order valence-corrected chi connectivity index (χ3v) is 7.55. The Bertz CT molecular complexity index is 423. The van der Waals surface area contributed by atoms with Gasteiger partial charge in [0.15, 0.2) is 0 Å². The van der Waals surface area contributed by atoms with Crippen LogP contribution >= 0.6 is 0 Å². The molecule has 0 radical (unpaired) electrons. The maximum atomic E-state index is 10.4. The zero-order chi connectivity index (χ0) is 17.4. The summed E-state index contributed by atoms with van der Waals surface area (Å²) in [5, 5.41) is 19.4. The standard InChI is InChI=1S/C19H36N2O3/c1-18(2)15-4-5-19(18,3)17(12-15)24-14-16(23)13-21-8-6-20(7-9-21)10-11-22/h15-17,22-23H,4-14H2,1-3H3/t15-,16-,17-,19+/m1/s1. The number of nitrogens with zero attached hydrogens (tertiary/aromatic N) is 2. The van der Waals surface area contributed by atoms with Crippen LogP contribution in [0, 0.1) is 16.7 Å². The van der Waals surface area contributed by atoms with E-state index in [0.29, 0.717) is 24.7 Å². The van der Waals surface area contributed by atoms with Crippen LogP contribution in [0.3, 0.4) is 0 Å². The molecule has 2 aliphatic carbocycles. The van der Waals surface area contributed by atoms with E-state index in [1.54, 1.807) is 0 Å².